The molecule has 4 heterocycles. The zero-order valence-corrected chi connectivity index (χ0v) is 31.5. The van der Waals surface area contributed by atoms with Crippen molar-refractivity contribution in [3.63, 3.8) is 0 Å². The van der Waals surface area contributed by atoms with E-state index in [1.54, 1.807) is 63.9 Å². The number of carbonyl (C=O) groups excluding carboxylic acids is 5. The molecule has 0 aliphatic carbocycles. The van der Waals surface area contributed by atoms with E-state index in [0.717, 1.165) is 28.7 Å². The lowest BCUT2D eigenvalue weighted by Crippen LogP contribution is -2.47. The summed E-state index contributed by atoms with van der Waals surface area (Å²) in [6, 6.07) is 18.2. The largest absolute Gasteiger partial charge is 0.444 e. The lowest BCUT2D eigenvalue weighted by atomic mass is 9.92. The van der Waals surface area contributed by atoms with Crippen molar-refractivity contribution in [3.05, 3.63) is 102 Å². The third-order valence-corrected chi connectivity index (χ3v) is 10.3. The van der Waals surface area contributed by atoms with Crippen LogP contribution in [0, 0.1) is 0 Å². The molecule has 0 bridgehead atoms. The molecule has 0 saturated heterocycles. The first-order valence-corrected chi connectivity index (χ1v) is 18.8. The van der Waals surface area contributed by atoms with Crippen LogP contribution in [0.25, 0.3) is 27.2 Å². The molecule has 14 heteroatoms. The molecule has 0 spiro atoms. The van der Waals surface area contributed by atoms with Crippen LogP contribution in [0.15, 0.2) is 84.4 Å². The number of hydrogen-bond acceptors (Lipinski definition) is 10. The molecule has 286 valence electrons. The summed E-state index contributed by atoms with van der Waals surface area (Å²) in [4.78, 5) is 82.6. The number of rotatable bonds is 12. The number of imide groups is 2. The SMILES string of the molecule is CC(C)(C)OC(=O)N(CCCNCCN1C(=O)c2cccc3c(-n4ccnc4)ccc(c23)C1=O)CCN1C(=O)c2cccc3c(N4C=NCC4)ccc(c23)C1=O. The Morgan fingerprint density at radius 3 is 1.96 bits per heavy atom. The number of benzene rings is 4. The average Bonchev–Trinajstić information content (AvgIpc) is 3.92. The molecule has 1 aromatic heterocycles. The number of hydrogen-bond donors (Lipinski definition) is 1. The normalized spacial score (nSPS) is 15.2. The van der Waals surface area contributed by atoms with Gasteiger partial charge in [-0.15, -0.1) is 0 Å². The molecule has 14 nitrogen and oxygen atoms in total. The van der Waals surface area contributed by atoms with Gasteiger partial charge >= 0.3 is 6.09 Å². The minimum Gasteiger partial charge on any atom is -0.444 e. The van der Waals surface area contributed by atoms with Gasteiger partial charge in [-0.25, -0.2) is 9.78 Å². The molecule has 56 heavy (non-hydrogen) atoms. The molecule has 0 unspecified atom stereocenters. The lowest BCUT2D eigenvalue weighted by Gasteiger charge is -2.32. The third-order valence-electron chi connectivity index (χ3n) is 10.3. The van der Waals surface area contributed by atoms with Crippen molar-refractivity contribution in [2.75, 3.05) is 57.3 Å². The number of aliphatic imine (C=N–C) groups is 1. The fourth-order valence-electron chi connectivity index (χ4n) is 7.66. The predicted molar refractivity (Wildman–Crippen MR) is 212 cm³/mol. The van der Waals surface area contributed by atoms with E-state index in [1.165, 1.54) is 14.7 Å². The summed E-state index contributed by atoms with van der Waals surface area (Å²) in [5.74, 6) is -1.53. The van der Waals surface area contributed by atoms with Crippen LogP contribution in [0.3, 0.4) is 0 Å². The second-order valence-electron chi connectivity index (χ2n) is 15.0. The highest BCUT2D eigenvalue weighted by molar-refractivity contribution is 6.28. The van der Waals surface area contributed by atoms with Crippen LogP contribution in [0.2, 0.25) is 0 Å². The maximum absolute atomic E-state index is 13.8. The summed E-state index contributed by atoms with van der Waals surface area (Å²) in [6.07, 6.45) is 6.90. The van der Waals surface area contributed by atoms with Crippen molar-refractivity contribution >= 4 is 63.3 Å². The Morgan fingerprint density at radius 2 is 1.38 bits per heavy atom. The highest BCUT2D eigenvalue weighted by atomic mass is 16.6. The van der Waals surface area contributed by atoms with Gasteiger partial charge in [-0.1, -0.05) is 24.3 Å². The summed E-state index contributed by atoms with van der Waals surface area (Å²) in [5, 5.41) is 6.17. The Labute approximate surface area is 323 Å². The van der Waals surface area contributed by atoms with E-state index >= 15 is 0 Å². The molecule has 3 aliphatic rings. The van der Waals surface area contributed by atoms with Gasteiger partial charge in [0.25, 0.3) is 23.6 Å². The molecule has 1 N–H and O–H groups in total. The Bertz CT molecular complexity index is 2390. The van der Waals surface area contributed by atoms with Crippen molar-refractivity contribution < 1.29 is 28.7 Å². The molecule has 8 rings (SSSR count). The smallest absolute Gasteiger partial charge is 0.410 e. The molecule has 0 saturated carbocycles. The van der Waals surface area contributed by atoms with E-state index in [1.807, 2.05) is 52.1 Å². The van der Waals surface area contributed by atoms with Gasteiger partial charge in [0.2, 0.25) is 0 Å². The number of nitrogens with one attached hydrogen (secondary N) is 1. The number of imidazole rings is 1. The fraction of sp³-hybridized carbons (Fsp3) is 0.310. The van der Waals surface area contributed by atoms with Gasteiger partial charge in [0.15, 0.2) is 0 Å². The number of nitrogens with zero attached hydrogens (tertiary/aromatic N) is 7. The minimum absolute atomic E-state index is 0.0159. The molecular formula is C42H42N8O6. The summed E-state index contributed by atoms with van der Waals surface area (Å²) in [7, 11) is 0. The van der Waals surface area contributed by atoms with Crippen molar-refractivity contribution in [2.24, 2.45) is 4.99 Å². The van der Waals surface area contributed by atoms with Crippen LogP contribution in [0.1, 0.15) is 68.6 Å². The molecule has 0 radical (unpaired) electrons. The Hall–Kier alpha value is -6.41. The van der Waals surface area contributed by atoms with Crippen molar-refractivity contribution in [1.29, 1.82) is 0 Å². The van der Waals surface area contributed by atoms with Gasteiger partial charge < -0.3 is 24.4 Å². The highest BCUT2D eigenvalue weighted by Gasteiger charge is 2.36. The summed E-state index contributed by atoms with van der Waals surface area (Å²) in [6.45, 7) is 8.06. The maximum Gasteiger partial charge on any atom is 0.410 e. The fourth-order valence-corrected chi connectivity index (χ4v) is 7.66. The third kappa shape index (κ3) is 6.65. The van der Waals surface area contributed by atoms with E-state index in [4.69, 9.17) is 4.74 Å². The molecule has 4 aromatic carbocycles. The quantitative estimate of drug-likeness (QED) is 0.135. The summed E-state index contributed by atoms with van der Waals surface area (Å²) < 4.78 is 7.55. The molecular weight excluding hydrogens is 713 g/mol. The second kappa shape index (κ2) is 14.7. The van der Waals surface area contributed by atoms with E-state index < -0.39 is 23.5 Å². The maximum atomic E-state index is 13.8. The number of anilines is 1. The van der Waals surface area contributed by atoms with Gasteiger partial charge in [0.05, 0.1) is 24.9 Å². The number of carbonyl (C=O) groups is 5. The van der Waals surface area contributed by atoms with Gasteiger partial charge in [0.1, 0.15) is 5.60 Å². The van der Waals surface area contributed by atoms with Crippen LogP contribution in [-0.4, -0.2) is 118 Å². The zero-order valence-electron chi connectivity index (χ0n) is 31.5. The van der Waals surface area contributed by atoms with Gasteiger partial charge in [-0.05, 0) is 70.1 Å². The van der Waals surface area contributed by atoms with E-state index in [0.29, 0.717) is 59.1 Å². The highest BCUT2D eigenvalue weighted by Crippen LogP contribution is 2.37. The molecule has 5 amide bonds. The standard InChI is InChI=1S/C42H42N8O6/c1-42(2,3)56-41(55)46(23-24-50-38(52)30-10-5-8-28-34(48-21-17-45-26-48)14-12-32(36(28)30)40(50)54)19-6-15-43-18-22-49-37(51)29-9-4-7-27-33(47-20-16-44-25-47)13-11-31(35(27)29)39(49)53/h4-5,7-14,16,20,25-26,43H,6,15,17-19,21-24H2,1-3H3. The lowest BCUT2D eigenvalue weighted by molar-refractivity contribution is 0.0221. The average molecular weight is 755 g/mol. The van der Waals surface area contributed by atoms with Crippen molar-refractivity contribution in [3.8, 4) is 5.69 Å². The van der Waals surface area contributed by atoms with Crippen LogP contribution >= 0.6 is 0 Å². The number of aromatic nitrogens is 2. The van der Waals surface area contributed by atoms with E-state index in [9.17, 15) is 24.0 Å². The molecule has 5 aromatic rings. The van der Waals surface area contributed by atoms with Gasteiger partial charge in [-0.2, -0.15) is 0 Å². The monoisotopic (exact) mass is 754 g/mol. The minimum atomic E-state index is -0.756. The zero-order chi connectivity index (χ0) is 39.1. The van der Waals surface area contributed by atoms with Crippen molar-refractivity contribution in [2.45, 2.75) is 32.8 Å². The first-order valence-electron chi connectivity index (χ1n) is 18.8. The predicted octanol–water partition coefficient (Wildman–Crippen LogP) is 5.14. The number of ether oxygens (including phenoxy) is 1. The summed E-state index contributed by atoms with van der Waals surface area (Å²) >= 11 is 0. The van der Waals surface area contributed by atoms with E-state index in [2.05, 4.69) is 15.3 Å². The Kier molecular flexibility index (Phi) is 9.58. The van der Waals surface area contributed by atoms with Gasteiger partial charge in [0, 0.05) is 101 Å². The van der Waals surface area contributed by atoms with Crippen LogP contribution < -0.4 is 10.2 Å². The summed E-state index contributed by atoms with van der Waals surface area (Å²) in [5.41, 5.74) is 2.79. The second-order valence-corrected chi connectivity index (χ2v) is 15.0. The number of amides is 5. The van der Waals surface area contributed by atoms with Crippen LogP contribution in [0.4, 0.5) is 10.5 Å². The molecule has 0 fully saturated rings. The topological polar surface area (TPSA) is 150 Å². The van der Waals surface area contributed by atoms with Crippen molar-refractivity contribution in [1.82, 2.24) is 29.6 Å². The van der Waals surface area contributed by atoms with Crippen LogP contribution in [0.5, 0.6) is 0 Å². The Morgan fingerprint density at radius 1 is 0.768 bits per heavy atom. The molecule has 0 atom stereocenters. The first-order chi connectivity index (χ1) is 27.0. The van der Waals surface area contributed by atoms with E-state index in [-0.39, 0.29) is 38.0 Å². The van der Waals surface area contributed by atoms with Crippen LogP contribution in [-0.2, 0) is 4.74 Å². The Balaban J connectivity index is 0.896. The first kappa shape index (κ1) is 36.6. The van der Waals surface area contributed by atoms with Gasteiger partial charge in [-0.3, -0.25) is 34.0 Å². The molecule has 3 aliphatic heterocycles.